The molecule has 2 N–H and O–H groups in total. The number of nitrogens with two attached hydrogens (primary N) is 1. The lowest BCUT2D eigenvalue weighted by Crippen LogP contribution is -2.04. The molecule has 0 aliphatic carbocycles. The Kier molecular flexibility index (Phi) is 2.87. The molecule has 0 fully saturated rings. The molecule has 84 valence electrons. The van der Waals surface area contributed by atoms with Gasteiger partial charge in [0, 0.05) is 0 Å². The van der Waals surface area contributed by atoms with E-state index in [2.05, 4.69) is 10.2 Å². The van der Waals surface area contributed by atoms with Crippen LogP contribution in [0.25, 0.3) is 11.5 Å². The van der Waals surface area contributed by atoms with Gasteiger partial charge in [0.25, 0.3) is 5.89 Å². The average Bonchev–Trinajstić information content (AvgIpc) is 2.78. The highest BCUT2D eigenvalue weighted by molar-refractivity contribution is 5.62. The highest BCUT2D eigenvalue weighted by Gasteiger charge is 2.14. The number of ether oxygens (including phenoxy) is 1. The summed E-state index contributed by atoms with van der Waals surface area (Å²) in [5.74, 6) is 1.54. The summed E-state index contributed by atoms with van der Waals surface area (Å²) in [5, 5.41) is 7.81. The standard InChI is InChI=1S/C11H13N3O2/c1-7(12)10-13-14-11(16-10)8-5-3-4-6-9(8)15-2/h3-7H,12H2,1-2H3. The number of para-hydroxylation sites is 1. The van der Waals surface area contributed by atoms with Gasteiger partial charge < -0.3 is 14.9 Å². The summed E-state index contributed by atoms with van der Waals surface area (Å²) in [7, 11) is 1.60. The molecular weight excluding hydrogens is 206 g/mol. The van der Waals surface area contributed by atoms with Crippen LogP contribution in [0.2, 0.25) is 0 Å². The predicted molar refractivity (Wildman–Crippen MR) is 58.9 cm³/mol. The van der Waals surface area contributed by atoms with E-state index in [0.717, 1.165) is 5.56 Å². The molecule has 0 spiro atoms. The fourth-order valence-corrected chi connectivity index (χ4v) is 1.35. The molecule has 0 aliphatic rings. The van der Waals surface area contributed by atoms with Crippen molar-refractivity contribution in [2.45, 2.75) is 13.0 Å². The molecule has 1 aromatic heterocycles. The van der Waals surface area contributed by atoms with Gasteiger partial charge in [0.1, 0.15) is 5.75 Å². The van der Waals surface area contributed by atoms with Gasteiger partial charge in [0.2, 0.25) is 5.89 Å². The number of aromatic nitrogens is 2. The van der Waals surface area contributed by atoms with E-state index >= 15 is 0 Å². The molecule has 0 radical (unpaired) electrons. The fourth-order valence-electron chi connectivity index (χ4n) is 1.35. The van der Waals surface area contributed by atoms with Crippen molar-refractivity contribution in [2.24, 2.45) is 5.73 Å². The number of nitrogens with zero attached hydrogens (tertiary/aromatic N) is 2. The molecule has 0 amide bonds. The first-order valence-corrected chi connectivity index (χ1v) is 4.94. The number of benzene rings is 1. The fraction of sp³-hybridized carbons (Fsp3) is 0.273. The summed E-state index contributed by atoms with van der Waals surface area (Å²) < 4.78 is 10.7. The molecule has 5 nitrogen and oxygen atoms in total. The Hall–Kier alpha value is -1.88. The third kappa shape index (κ3) is 1.90. The Balaban J connectivity index is 2.42. The monoisotopic (exact) mass is 219 g/mol. The van der Waals surface area contributed by atoms with E-state index in [1.54, 1.807) is 14.0 Å². The molecular formula is C11H13N3O2. The minimum absolute atomic E-state index is 0.268. The minimum atomic E-state index is -0.268. The topological polar surface area (TPSA) is 74.2 Å². The third-order valence-corrected chi connectivity index (χ3v) is 2.17. The van der Waals surface area contributed by atoms with Crippen molar-refractivity contribution in [3.63, 3.8) is 0 Å². The van der Waals surface area contributed by atoms with Crippen LogP contribution in [0.1, 0.15) is 18.9 Å². The maximum Gasteiger partial charge on any atom is 0.251 e. The van der Waals surface area contributed by atoms with Gasteiger partial charge in [-0.05, 0) is 19.1 Å². The zero-order valence-corrected chi connectivity index (χ0v) is 9.18. The molecule has 0 saturated heterocycles. The van der Waals surface area contributed by atoms with Crippen molar-refractivity contribution in [1.29, 1.82) is 0 Å². The molecule has 2 aromatic rings. The van der Waals surface area contributed by atoms with E-state index in [-0.39, 0.29) is 6.04 Å². The van der Waals surface area contributed by atoms with Crippen molar-refractivity contribution < 1.29 is 9.15 Å². The Morgan fingerprint density at radius 2 is 2.06 bits per heavy atom. The zero-order chi connectivity index (χ0) is 11.5. The van der Waals surface area contributed by atoms with Gasteiger partial charge in [-0.1, -0.05) is 12.1 Å². The van der Waals surface area contributed by atoms with Crippen LogP contribution >= 0.6 is 0 Å². The first-order valence-electron chi connectivity index (χ1n) is 4.94. The van der Waals surface area contributed by atoms with Crippen LogP contribution in [0, 0.1) is 0 Å². The molecule has 1 unspecified atom stereocenters. The Morgan fingerprint density at radius 1 is 1.31 bits per heavy atom. The Labute approximate surface area is 93.2 Å². The molecule has 0 aliphatic heterocycles. The molecule has 1 heterocycles. The van der Waals surface area contributed by atoms with Crippen molar-refractivity contribution in [1.82, 2.24) is 10.2 Å². The van der Waals surface area contributed by atoms with Crippen LogP contribution in [-0.4, -0.2) is 17.3 Å². The van der Waals surface area contributed by atoms with Crippen LogP contribution < -0.4 is 10.5 Å². The smallest absolute Gasteiger partial charge is 0.251 e. The summed E-state index contributed by atoms with van der Waals surface area (Å²) in [6, 6.07) is 7.19. The van der Waals surface area contributed by atoms with E-state index in [4.69, 9.17) is 14.9 Å². The molecule has 2 rings (SSSR count). The van der Waals surface area contributed by atoms with Crippen molar-refractivity contribution in [3.8, 4) is 17.2 Å². The first kappa shape index (κ1) is 10.6. The van der Waals surface area contributed by atoms with Gasteiger partial charge in [-0.2, -0.15) is 0 Å². The summed E-state index contributed by atoms with van der Waals surface area (Å²) in [6.07, 6.45) is 0. The van der Waals surface area contributed by atoms with E-state index in [1.165, 1.54) is 0 Å². The second kappa shape index (κ2) is 4.32. The highest BCUT2D eigenvalue weighted by Crippen LogP contribution is 2.28. The van der Waals surface area contributed by atoms with Gasteiger partial charge >= 0.3 is 0 Å². The summed E-state index contributed by atoms with van der Waals surface area (Å²) >= 11 is 0. The zero-order valence-electron chi connectivity index (χ0n) is 9.18. The van der Waals surface area contributed by atoms with Gasteiger partial charge in [0.05, 0.1) is 18.7 Å². The number of hydrogen-bond acceptors (Lipinski definition) is 5. The predicted octanol–water partition coefficient (Wildman–Crippen LogP) is 1.76. The average molecular weight is 219 g/mol. The van der Waals surface area contributed by atoms with Crippen molar-refractivity contribution in [3.05, 3.63) is 30.2 Å². The first-order chi connectivity index (χ1) is 7.72. The molecule has 1 atom stereocenters. The SMILES string of the molecule is COc1ccccc1-c1nnc(C(C)N)o1. The van der Waals surface area contributed by atoms with Crippen LogP contribution in [0.3, 0.4) is 0 Å². The van der Waals surface area contributed by atoms with E-state index in [0.29, 0.717) is 17.5 Å². The molecule has 0 bridgehead atoms. The largest absolute Gasteiger partial charge is 0.496 e. The molecule has 16 heavy (non-hydrogen) atoms. The lowest BCUT2D eigenvalue weighted by Gasteiger charge is -2.03. The maximum atomic E-state index is 5.65. The van der Waals surface area contributed by atoms with Crippen molar-refractivity contribution in [2.75, 3.05) is 7.11 Å². The van der Waals surface area contributed by atoms with Crippen LogP contribution in [-0.2, 0) is 0 Å². The summed E-state index contributed by atoms with van der Waals surface area (Å²) in [5.41, 5.74) is 6.42. The van der Waals surface area contributed by atoms with Gasteiger partial charge in [-0.3, -0.25) is 0 Å². The Morgan fingerprint density at radius 3 is 2.69 bits per heavy atom. The lowest BCUT2D eigenvalue weighted by atomic mass is 10.2. The summed E-state index contributed by atoms with van der Waals surface area (Å²) in [6.45, 7) is 1.79. The highest BCUT2D eigenvalue weighted by atomic mass is 16.5. The van der Waals surface area contributed by atoms with Gasteiger partial charge in [0.15, 0.2) is 0 Å². The van der Waals surface area contributed by atoms with E-state index < -0.39 is 0 Å². The van der Waals surface area contributed by atoms with E-state index in [1.807, 2.05) is 24.3 Å². The molecule has 0 saturated carbocycles. The molecule has 5 heteroatoms. The number of methoxy groups -OCH3 is 1. The Bertz CT molecular complexity index is 480. The van der Waals surface area contributed by atoms with Crippen LogP contribution in [0.15, 0.2) is 28.7 Å². The minimum Gasteiger partial charge on any atom is -0.496 e. The van der Waals surface area contributed by atoms with Crippen LogP contribution in [0.4, 0.5) is 0 Å². The second-order valence-corrected chi connectivity index (χ2v) is 3.43. The quantitative estimate of drug-likeness (QED) is 0.851. The second-order valence-electron chi connectivity index (χ2n) is 3.43. The normalized spacial score (nSPS) is 12.4. The molecule has 1 aromatic carbocycles. The lowest BCUT2D eigenvalue weighted by molar-refractivity contribution is 0.412. The van der Waals surface area contributed by atoms with Gasteiger partial charge in [-0.25, -0.2) is 0 Å². The van der Waals surface area contributed by atoms with Crippen LogP contribution in [0.5, 0.6) is 5.75 Å². The number of hydrogen-bond donors (Lipinski definition) is 1. The third-order valence-electron chi connectivity index (χ3n) is 2.17. The van der Waals surface area contributed by atoms with Crippen molar-refractivity contribution >= 4 is 0 Å². The van der Waals surface area contributed by atoms with E-state index in [9.17, 15) is 0 Å². The number of rotatable bonds is 3. The van der Waals surface area contributed by atoms with Gasteiger partial charge in [-0.15, -0.1) is 10.2 Å². The maximum absolute atomic E-state index is 5.65. The summed E-state index contributed by atoms with van der Waals surface area (Å²) in [4.78, 5) is 0.